The number of benzene rings is 1. The van der Waals surface area contributed by atoms with E-state index in [-0.39, 0.29) is 5.84 Å². The zero-order valence-electron chi connectivity index (χ0n) is 9.34. The first-order valence-electron chi connectivity index (χ1n) is 5.12. The summed E-state index contributed by atoms with van der Waals surface area (Å²) in [5.74, 6) is 0.616. The van der Waals surface area contributed by atoms with E-state index >= 15 is 0 Å². The van der Waals surface area contributed by atoms with Crippen molar-refractivity contribution in [1.82, 2.24) is 0 Å². The SMILES string of the molecule is N/C(=N/O)c1ccc(OCc2ccsc2)cc1Cl. The topological polar surface area (TPSA) is 67.8 Å². The number of hydrogen-bond acceptors (Lipinski definition) is 4. The number of rotatable bonds is 4. The van der Waals surface area contributed by atoms with Gasteiger partial charge in [-0.25, -0.2) is 0 Å². The summed E-state index contributed by atoms with van der Waals surface area (Å²) in [6.07, 6.45) is 0. The van der Waals surface area contributed by atoms with E-state index in [4.69, 9.17) is 27.3 Å². The molecule has 2 rings (SSSR count). The van der Waals surface area contributed by atoms with Crippen LogP contribution in [0.3, 0.4) is 0 Å². The molecule has 0 aliphatic carbocycles. The number of amidine groups is 1. The third-order valence-corrected chi connectivity index (χ3v) is 3.35. The Balaban J connectivity index is 2.09. The molecule has 0 atom stereocenters. The average molecular weight is 283 g/mol. The van der Waals surface area contributed by atoms with Crippen molar-refractivity contribution >= 4 is 28.8 Å². The Labute approximate surface area is 113 Å². The van der Waals surface area contributed by atoms with Gasteiger partial charge in [0.1, 0.15) is 12.4 Å². The van der Waals surface area contributed by atoms with Crippen LogP contribution < -0.4 is 10.5 Å². The summed E-state index contributed by atoms with van der Waals surface area (Å²) in [7, 11) is 0. The quantitative estimate of drug-likeness (QED) is 0.392. The van der Waals surface area contributed by atoms with Gasteiger partial charge in [0, 0.05) is 5.56 Å². The largest absolute Gasteiger partial charge is 0.489 e. The van der Waals surface area contributed by atoms with E-state index in [2.05, 4.69) is 5.16 Å². The standard InChI is InChI=1S/C12H11ClN2O2S/c13-11-5-9(1-2-10(11)12(14)15-16)17-6-8-3-4-18-7-8/h1-5,7,16H,6H2,(H2,14,15). The van der Waals surface area contributed by atoms with E-state index in [1.807, 2.05) is 16.8 Å². The molecule has 0 saturated heterocycles. The highest BCUT2D eigenvalue weighted by molar-refractivity contribution is 7.07. The zero-order chi connectivity index (χ0) is 13.0. The average Bonchev–Trinajstić information content (AvgIpc) is 2.88. The zero-order valence-corrected chi connectivity index (χ0v) is 10.9. The highest BCUT2D eigenvalue weighted by Gasteiger charge is 2.07. The molecule has 1 aromatic carbocycles. The molecule has 3 N–H and O–H groups in total. The fourth-order valence-corrected chi connectivity index (χ4v) is 2.31. The summed E-state index contributed by atoms with van der Waals surface area (Å²) in [5.41, 5.74) is 7.05. The normalized spacial score (nSPS) is 11.5. The minimum atomic E-state index is -0.0237. The predicted molar refractivity (Wildman–Crippen MR) is 72.6 cm³/mol. The smallest absolute Gasteiger partial charge is 0.171 e. The number of thiophene rings is 1. The lowest BCUT2D eigenvalue weighted by atomic mass is 10.2. The minimum absolute atomic E-state index is 0.0237. The van der Waals surface area contributed by atoms with E-state index < -0.39 is 0 Å². The van der Waals surface area contributed by atoms with E-state index in [0.29, 0.717) is 22.9 Å². The van der Waals surface area contributed by atoms with Gasteiger partial charge in [0.15, 0.2) is 5.84 Å². The van der Waals surface area contributed by atoms with Crippen molar-refractivity contribution in [2.24, 2.45) is 10.9 Å². The van der Waals surface area contributed by atoms with E-state index in [1.54, 1.807) is 29.5 Å². The molecule has 94 valence electrons. The van der Waals surface area contributed by atoms with Gasteiger partial charge < -0.3 is 15.7 Å². The Morgan fingerprint density at radius 3 is 2.89 bits per heavy atom. The molecule has 0 aliphatic heterocycles. The fraction of sp³-hybridized carbons (Fsp3) is 0.0833. The summed E-state index contributed by atoms with van der Waals surface area (Å²) in [5, 5.41) is 15.9. The molecule has 0 aliphatic rings. The van der Waals surface area contributed by atoms with Gasteiger partial charge in [-0.15, -0.1) is 0 Å². The monoisotopic (exact) mass is 282 g/mol. The van der Waals surface area contributed by atoms with Gasteiger partial charge in [-0.2, -0.15) is 11.3 Å². The molecule has 0 bridgehead atoms. The van der Waals surface area contributed by atoms with Gasteiger partial charge in [0.2, 0.25) is 0 Å². The van der Waals surface area contributed by atoms with Crippen LogP contribution in [0.15, 0.2) is 40.2 Å². The Hall–Kier alpha value is -1.72. The molecule has 4 nitrogen and oxygen atoms in total. The van der Waals surface area contributed by atoms with E-state index in [1.165, 1.54) is 0 Å². The molecule has 1 heterocycles. The number of ether oxygens (including phenoxy) is 1. The molecule has 0 amide bonds. The Kier molecular flexibility index (Phi) is 4.07. The summed E-state index contributed by atoms with van der Waals surface area (Å²) < 4.78 is 5.58. The van der Waals surface area contributed by atoms with Gasteiger partial charge >= 0.3 is 0 Å². The van der Waals surface area contributed by atoms with Crippen molar-refractivity contribution in [3.63, 3.8) is 0 Å². The number of hydrogen-bond donors (Lipinski definition) is 2. The van der Waals surface area contributed by atoms with Gasteiger partial charge in [0.05, 0.1) is 5.02 Å². The lowest BCUT2D eigenvalue weighted by Gasteiger charge is -2.07. The number of nitrogens with two attached hydrogens (primary N) is 1. The minimum Gasteiger partial charge on any atom is -0.489 e. The fourth-order valence-electron chi connectivity index (χ4n) is 1.39. The number of oxime groups is 1. The van der Waals surface area contributed by atoms with Gasteiger partial charge in [-0.3, -0.25) is 0 Å². The molecule has 18 heavy (non-hydrogen) atoms. The molecule has 0 unspecified atom stereocenters. The van der Waals surface area contributed by atoms with Crippen molar-refractivity contribution < 1.29 is 9.94 Å². The molecular weight excluding hydrogens is 272 g/mol. The van der Waals surface area contributed by atoms with E-state index in [0.717, 1.165) is 5.56 Å². The first kappa shape index (κ1) is 12.7. The van der Waals surface area contributed by atoms with Gasteiger partial charge in [0.25, 0.3) is 0 Å². The van der Waals surface area contributed by atoms with Gasteiger partial charge in [-0.1, -0.05) is 16.8 Å². The molecule has 0 radical (unpaired) electrons. The van der Waals surface area contributed by atoms with Crippen molar-refractivity contribution in [3.8, 4) is 5.75 Å². The Morgan fingerprint density at radius 2 is 2.28 bits per heavy atom. The van der Waals surface area contributed by atoms with Crippen LogP contribution in [-0.4, -0.2) is 11.0 Å². The second-order valence-electron chi connectivity index (χ2n) is 3.55. The van der Waals surface area contributed by atoms with Crippen LogP contribution in [-0.2, 0) is 6.61 Å². The highest BCUT2D eigenvalue weighted by atomic mass is 35.5. The highest BCUT2D eigenvalue weighted by Crippen LogP contribution is 2.23. The van der Waals surface area contributed by atoms with Crippen molar-refractivity contribution in [1.29, 1.82) is 0 Å². The number of nitrogens with zero attached hydrogens (tertiary/aromatic N) is 1. The maximum absolute atomic E-state index is 8.58. The third-order valence-electron chi connectivity index (χ3n) is 2.31. The van der Waals surface area contributed by atoms with Crippen molar-refractivity contribution in [2.45, 2.75) is 6.61 Å². The van der Waals surface area contributed by atoms with Crippen LogP contribution in [0.4, 0.5) is 0 Å². The molecule has 0 saturated carbocycles. The summed E-state index contributed by atoms with van der Waals surface area (Å²) in [6.45, 7) is 0.489. The van der Waals surface area contributed by atoms with Crippen LogP contribution >= 0.6 is 22.9 Å². The lowest BCUT2D eigenvalue weighted by Crippen LogP contribution is -2.13. The van der Waals surface area contributed by atoms with Gasteiger partial charge in [-0.05, 0) is 40.6 Å². The summed E-state index contributed by atoms with van der Waals surface area (Å²) >= 11 is 7.63. The Morgan fingerprint density at radius 1 is 1.44 bits per heavy atom. The predicted octanol–water partition coefficient (Wildman–Crippen LogP) is 3.08. The maximum atomic E-state index is 8.58. The molecule has 2 aromatic rings. The van der Waals surface area contributed by atoms with Crippen LogP contribution in [0.25, 0.3) is 0 Å². The third kappa shape index (κ3) is 2.94. The summed E-state index contributed by atoms with van der Waals surface area (Å²) in [6, 6.07) is 7.02. The van der Waals surface area contributed by atoms with E-state index in [9.17, 15) is 0 Å². The first-order chi connectivity index (χ1) is 8.70. The van der Waals surface area contributed by atoms with Crippen LogP contribution in [0.1, 0.15) is 11.1 Å². The number of halogens is 1. The van der Waals surface area contributed by atoms with Crippen LogP contribution in [0.2, 0.25) is 5.02 Å². The molecule has 0 spiro atoms. The van der Waals surface area contributed by atoms with Crippen LogP contribution in [0.5, 0.6) is 5.75 Å². The molecular formula is C12H11ClN2O2S. The lowest BCUT2D eigenvalue weighted by molar-refractivity contribution is 0.306. The summed E-state index contributed by atoms with van der Waals surface area (Å²) in [4.78, 5) is 0. The molecule has 0 fully saturated rings. The van der Waals surface area contributed by atoms with Crippen LogP contribution in [0, 0.1) is 0 Å². The van der Waals surface area contributed by atoms with Crippen molar-refractivity contribution in [3.05, 3.63) is 51.2 Å². The molecule has 6 heteroatoms. The van der Waals surface area contributed by atoms with Crippen molar-refractivity contribution in [2.75, 3.05) is 0 Å². The maximum Gasteiger partial charge on any atom is 0.171 e. The Bertz CT molecular complexity index is 555. The first-order valence-corrected chi connectivity index (χ1v) is 6.44. The second kappa shape index (κ2) is 5.75. The second-order valence-corrected chi connectivity index (χ2v) is 4.73. The molecule has 1 aromatic heterocycles.